The Balaban J connectivity index is 0.000000196. The van der Waals surface area contributed by atoms with Crippen molar-refractivity contribution in [2.24, 2.45) is 0 Å². The first-order chi connectivity index (χ1) is 14.7. The molecule has 0 saturated carbocycles. The Morgan fingerprint density at radius 2 is 1.10 bits per heavy atom. The van der Waals surface area contributed by atoms with Crippen molar-refractivity contribution in [2.45, 2.75) is 46.7 Å². The third kappa shape index (κ3) is 7.46. The summed E-state index contributed by atoms with van der Waals surface area (Å²) in [4.78, 5) is 0. The number of rotatable bonds is 8. The van der Waals surface area contributed by atoms with Gasteiger partial charge >= 0.3 is 197 Å². The molecule has 2 aromatic rings. The van der Waals surface area contributed by atoms with Crippen LogP contribution in [0.15, 0.2) is 105 Å². The molecule has 0 bridgehead atoms. The van der Waals surface area contributed by atoms with Gasteiger partial charge in [0.05, 0.1) is 0 Å². The van der Waals surface area contributed by atoms with Gasteiger partial charge < -0.3 is 0 Å². The summed E-state index contributed by atoms with van der Waals surface area (Å²) in [6, 6.07) is 22.2. The maximum absolute atomic E-state index is 2.43. The van der Waals surface area contributed by atoms with Gasteiger partial charge in [-0.3, -0.25) is 0 Å². The standard InChI is InChI=1S/2C7H7.2C5H5.2C2H5.Ti.Zn/c2*1-7-5-3-2-4-6-7;2*1-2-4-5-3-1;2*1-2;;/h2*2-6H,1H2;2*1-3H,4H2;2*1H2,2H3;;. The fraction of sp³-hybridized carbons (Fsp3) is 0.286. The maximum atomic E-state index is 2.43. The quantitative estimate of drug-likeness (QED) is 0.332. The van der Waals surface area contributed by atoms with Crippen LogP contribution in [0.5, 0.6) is 0 Å². The van der Waals surface area contributed by atoms with Gasteiger partial charge in [0.15, 0.2) is 0 Å². The first kappa shape index (κ1) is 23.4. The van der Waals surface area contributed by atoms with Crippen molar-refractivity contribution in [1.29, 1.82) is 0 Å². The van der Waals surface area contributed by atoms with Crippen LogP contribution in [0.1, 0.15) is 37.8 Å². The average molecular weight is 484 g/mol. The van der Waals surface area contributed by atoms with Crippen LogP contribution in [0.2, 0.25) is 10.0 Å². The molecule has 0 N–H and O–H groups in total. The van der Waals surface area contributed by atoms with Crippen molar-refractivity contribution in [1.82, 2.24) is 0 Å². The molecule has 0 saturated heterocycles. The van der Waals surface area contributed by atoms with Gasteiger partial charge in [0.25, 0.3) is 0 Å². The molecule has 0 aromatic heterocycles. The molecule has 0 radical (unpaired) electrons. The van der Waals surface area contributed by atoms with E-state index in [0.717, 1.165) is 0 Å². The fourth-order valence-electron chi connectivity index (χ4n) is 4.95. The van der Waals surface area contributed by atoms with Gasteiger partial charge in [-0.1, -0.05) is 0 Å². The van der Waals surface area contributed by atoms with Gasteiger partial charge in [0.1, 0.15) is 0 Å². The second-order valence-electron chi connectivity index (χ2n) is 9.37. The van der Waals surface area contributed by atoms with E-state index in [0.29, 0.717) is 0 Å². The summed E-state index contributed by atoms with van der Waals surface area (Å²) < 4.78 is 3.36. The van der Waals surface area contributed by atoms with Gasteiger partial charge in [-0.25, -0.2) is 0 Å². The van der Waals surface area contributed by atoms with Crippen molar-refractivity contribution in [3.63, 3.8) is 0 Å². The molecule has 0 atom stereocenters. The van der Waals surface area contributed by atoms with Crippen molar-refractivity contribution in [3.05, 3.63) is 116 Å². The van der Waals surface area contributed by atoms with E-state index >= 15 is 0 Å². The molecule has 30 heavy (non-hydrogen) atoms. The number of allylic oxidation sites excluding steroid dienone is 8. The van der Waals surface area contributed by atoms with E-state index in [9.17, 15) is 0 Å². The molecule has 0 unspecified atom stereocenters. The Kier molecular flexibility index (Phi) is 9.80. The van der Waals surface area contributed by atoms with Gasteiger partial charge in [-0.15, -0.1) is 0 Å². The van der Waals surface area contributed by atoms with Crippen molar-refractivity contribution in [3.8, 4) is 0 Å². The second-order valence-corrected chi connectivity index (χ2v) is 27.0. The van der Waals surface area contributed by atoms with Gasteiger partial charge in [0.2, 0.25) is 0 Å². The molecule has 2 heteroatoms. The van der Waals surface area contributed by atoms with Crippen LogP contribution in [0.4, 0.5) is 0 Å². The molecule has 4 rings (SSSR count). The van der Waals surface area contributed by atoms with E-state index in [-0.39, 0.29) is 19.2 Å². The van der Waals surface area contributed by atoms with Crippen LogP contribution >= 0.6 is 0 Å². The van der Waals surface area contributed by atoms with E-state index in [1.54, 1.807) is 18.9 Å². The SMILES string of the molecule is C1=CC[C]([Ti][C]2=CC=CC2)=C1.C[CH2][Zn]([CH2]C)([CH2]c1ccccc1)[CH2]c1ccccc1. The van der Waals surface area contributed by atoms with Crippen LogP contribution in [-0.4, -0.2) is 0 Å². The van der Waals surface area contributed by atoms with Crippen LogP contribution in [-0.2, 0) is 44.0 Å². The Morgan fingerprint density at radius 1 is 0.667 bits per heavy atom. The Labute approximate surface area is 195 Å². The van der Waals surface area contributed by atoms with Crippen LogP contribution in [0.3, 0.4) is 0 Å². The van der Waals surface area contributed by atoms with Crippen LogP contribution in [0, 0.1) is 0 Å². The van der Waals surface area contributed by atoms with E-state index in [1.807, 2.05) is 0 Å². The summed E-state index contributed by atoms with van der Waals surface area (Å²) in [5, 5.41) is 5.69. The zero-order valence-electron chi connectivity index (χ0n) is 18.7. The summed E-state index contributed by atoms with van der Waals surface area (Å²) in [6.45, 7) is 4.85. The summed E-state index contributed by atoms with van der Waals surface area (Å²) in [5.41, 5.74) is 3.12. The molecule has 0 amide bonds. The molecule has 0 aliphatic heterocycles. The second kappa shape index (κ2) is 12.6. The summed E-state index contributed by atoms with van der Waals surface area (Å²) in [5.74, 6) is 0. The molecule has 0 nitrogen and oxygen atoms in total. The van der Waals surface area contributed by atoms with Gasteiger partial charge in [-0.2, -0.15) is 0 Å². The van der Waals surface area contributed by atoms with Crippen molar-refractivity contribution < 1.29 is 33.9 Å². The van der Waals surface area contributed by atoms with Crippen molar-refractivity contribution >= 4 is 0 Å². The number of benzene rings is 2. The summed E-state index contributed by atoms with van der Waals surface area (Å²) >= 11 is -2.07. The first-order valence-corrected chi connectivity index (χ1v) is 21.8. The molecule has 2 aromatic carbocycles. The minimum absolute atomic E-state index is 0.0833. The van der Waals surface area contributed by atoms with Gasteiger partial charge in [0, 0.05) is 0 Å². The van der Waals surface area contributed by atoms with Crippen molar-refractivity contribution in [2.75, 3.05) is 0 Å². The number of hydrogen-bond acceptors (Lipinski definition) is 0. The fourth-order valence-corrected chi connectivity index (χ4v) is 18.2. The third-order valence-electron chi connectivity index (χ3n) is 7.31. The Hall–Kier alpha value is -1.26. The third-order valence-corrected chi connectivity index (χ3v) is 25.2. The van der Waals surface area contributed by atoms with E-state index in [1.165, 1.54) is 32.9 Å². The van der Waals surface area contributed by atoms with E-state index < -0.39 is 14.8 Å². The molecule has 0 spiro atoms. The molecular formula is C28H34TiZn. The minimum atomic E-state index is -2.15. The molecule has 2 aliphatic rings. The predicted octanol–water partition coefficient (Wildman–Crippen LogP) is 8.17. The van der Waals surface area contributed by atoms with E-state index in [4.69, 9.17) is 0 Å². The molecule has 2 aliphatic carbocycles. The summed E-state index contributed by atoms with van der Waals surface area (Å²) in [6.07, 6.45) is 15.9. The average Bonchev–Trinajstić information content (AvgIpc) is 3.50. The molecule has 0 fully saturated rings. The number of hydrogen-bond donors (Lipinski definition) is 0. The molecule has 152 valence electrons. The normalized spacial score (nSPS) is 14.2. The van der Waals surface area contributed by atoms with E-state index in [2.05, 4.69) is 111 Å². The topological polar surface area (TPSA) is 0 Å². The zero-order chi connectivity index (χ0) is 21.1. The molecule has 0 heterocycles. The van der Waals surface area contributed by atoms with Crippen LogP contribution in [0.25, 0.3) is 0 Å². The zero-order valence-corrected chi connectivity index (χ0v) is 23.2. The molecular weight excluding hydrogens is 450 g/mol. The van der Waals surface area contributed by atoms with Gasteiger partial charge in [-0.05, 0) is 0 Å². The first-order valence-electron chi connectivity index (χ1n) is 11.9. The summed E-state index contributed by atoms with van der Waals surface area (Å²) in [7, 11) is 0. The van der Waals surface area contributed by atoms with Crippen LogP contribution < -0.4 is 0 Å². The Bertz CT molecular complexity index is 815. The Morgan fingerprint density at radius 3 is 1.43 bits per heavy atom. The predicted molar refractivity (Wildman–Crippen MR) is 125 cm³/mol. The monoisotopic (exact) mass is 482 g/mol.